The number of ether oxygens (including phenoxy) is 1. The van der Waals surface area contributed by atoms with Crippen molar-refractivity contribution in [3.8, 4) is 5.88 Å². The molecule has 3 N–H and O–H groups in total. The van der Waals surface area contributed by atoms with Crippen molar-refractivity contribution < 1.29 is 14.6 Å². The van der Waals surface area contributed by atoms with Crippen molar-refractivity contribution in [1.29, 1.82) is 0 Å². The van der Waals surface area contributed by atoms with Gasteiger partial charge < -0.3 is 15.6 Å². The van der Waals surface area contributed by atoms with Crippen LogP contribution in [0.1, 0.15) is 18.9 Å². The summed E-state index contributed by atoms with van der Waals surface area (Å²) >= 11 is 3.24. The molecule has 0 amide bonds. The van der Waals surface area contributed by atoms with Gasteiger partial charge in [-0.3, -0.25) is 0 Å². The lowest BCUT2D eigenvalue weighted by atomic mass is 10.1. The Hall–Kier alpha value is -1.56. The number of carboxylic acid groups (broad SMARTS) is 1. The van der Waals surface area contributed by atoms with Gasteiger partial charge in [-0.2, -0.15) is 0 Å². The molecule has 0 atom stereocenters. The largest absolute Gasteiger partial charge is 0.481 e. The second-order valence-corrected chi connectivity index (χ2v) is 4.13. The third kappa shape index (κ3) is 2.97. The number of anilines is 1. The van der Waals surface area contributed by atoms with Gasteiger partial charge >= 0.3 is 5.97 Å². The maximum Gasteiger partial charge on any atom is 0.331 e. The molecular formula is C11H13BrN2O3. The summed E-state index contributed by atoms with van der Waals surface area (Å²) in [6.07, 6.45) is 3.39. The second-order valence-electron chi connectivity index (χ2n) is 3.27. The molecule has 1 rings (SSSR count). The number of aliphatic carboxylic acids is 1. The van der Waals surface area contributed by atoms with Crippen LogP contribution < -0.4 is 10.5 Å². The summed E-state index contributed by atoms with van der Waals surface area (Å²) in [5.41, 5.74) is 6.98. The van der Waals surface area contributed by atoms with Gasteiger partial charge in [0.25, 0.3) is 0 Å². The number of nitrogens with zero attached hydrogens (tertiary/aromatic N) is 1. The van der Waals surface area contributed by atoms with Gasteiger partial charge in [-0.05, 0) is 28.4 Å². The summed E-state index contributed by atoms with van der Waals surface area (Å²) in [5.74, 6) is -0.674. The lowest BCUT2D eigenvalue weighted by Gasteiger charge is -2.09. The molecule has 6 heteroatoms. The molecule has 0 spiro atoms. The lowest BCUT2D eigenvalue weighted by Crippen LogP contribution is -2.02. The zero-order valence-electron chi connectivity index (χ0n) is 9.53. The van der Waals surface area contributed by atoms with Crippen LogP contribution in [-0.4, -0.2) is 23.2 Å². The number of methoxy groups -OCH3 is 1. The molecule has 1 aromatic rings. The molecule has 0 unspecified atom stereocenters. The van der Waals surface area contributed by atoms with Crippen LogP contribution >= 0.6 is 15.9 Å². The van der Waals surface area contributed by atoms with Crippen molar-refractivity contribution in [1.82, 2.24) is 4.98 Å². The van der Waals surface area contributed by atoms with E-state index in [9.17, 15) is 4.79 Å². The molecule has 17 heavy (non-hydrogen) atoms. The minimum absolute atomic E-state index is 0.245. The number of aromatic nitrogens is 1. The molecule has 0 saturated heterocycles. The van der Waals surface area contributed by atoms with Gasteiger partial charge in [0, 0.05) is 11.8 Å². The standard InChI is InChI=1S/C11H13BrN2O3/c1-3-6(11(15)16)4-7-9(13)8(12)5-14-10(7)17-2/h4-5H,3H2,1-2H3,(H2,13,14)(H,15,16)/b6-4+. The number of rotatable bonds is 4. The van der Waals surface area contributed by atoms with Crippen molar-refractivity contribution in [2.75, 3.05) is 12.8 Å². The van der Waals surface area contributed by atoms with Gasteiger partial charge in [-0.25, -0.2) is 9.78 Å². The summed E-state index contributed by atoms with van der Waals surface area (Å²) in [5, 5.41) is 8.98. The SMILES string of the molecule is CC/C(=C\c1c(OC)ncc(Br)c1N)C(=O)O. The van der Waals surface area contributed by atoms with E-state index in [1.807, 2.05) is 0 Å². The van der Waals surface area contributed by atoms with E-state index in [1.165, 1.54) is 19.4 Å². The second kappa shape index (κ2) is 5.67. The van der Waals surface area contributed by atoms with Crippen LogP contribution in [0.25, 0.3) is 6.08 Å². The molecular weight excluding hydrogens is 288 g/mol. The van der Waals surface area contributed by atoms with Crippen LogP contribution in [-0.2, 0) is 4.79 Å². The highest BCUT2D eigenvalue weighted by atomic mass is 79.9. The van der Waals surface area contributed by atoms with Crippen molar-refractivity contribution in [2.24, 2.45) is 0 Å². The van der Waals surface area contributed by atoms with E-state index in [0.717, 1.165) is 0 Å². The van der Waals surface area contributed by atoms with Crippen LogP contribution in [0.2, 0.25) is 0 Å². The van der Waals surface area contributed by atoms with E-state index in [0.29, 0.717) is 28.0 Å². The van der Waals surface area contributed by atoms with E-state index in [1.54, 1.807) is 6.92 Å². The van der Waals surface area contributed by atoms with Gasteiger partial charge in [-0.15, -0.1) is 0 Å². The third-order valence-corrected chi connectivity index (χ3v) is 2.87. The zero-order valence-corrected chi connectivity index (χ0v) is 11.1. The Morgan fingerprint density at radius 3 is 2.82 bits per heavy atom. The first-order chi connectivity index (χ1) is 8.01. The van der Waals surface area contributed by atoms with Gasteiger partial charge in [0.1, 0.15) is 0 Å². The van der Waals surface area contributed by atoms with Crippen LogP contribution in [0.3, 0.4) is 0 Å². The average molecular weight is 301 g/mol. The summed E-state index contributed by atoms with van der Waals surface area (Å²) in [6, 6.07) is 0. The fourth-order valence-electron chi connectivity index (χ4n) is 1.29. The summed E-state index contributed by atoms with van der Waals surface area (Å²) < 4.78 is 5.66. The van der Waals surface area contributed by atoms with Crippen LogP contribution in [0.15, 0.2) is 16.2 Å². The molecule has 92 valence electrons. The number of hydrogen-bond donors (Lipinski definition) is 2. The van der Waals surface area contributed by atoms with Crippen molar-refractivity contribution in [3.05, 3.63) is 21.8 Å². The molecule has 0 aliphatic rings. The predicted molar refractivity (Wildman–Crippen MR) is 68.8 cm³/mol. The minimum atomic E-state index is -0.978. The van der Waals surface area contributed by atoms with E-state index < -0.39 is 5.97 Å². The Balaban J connectivity index is 3.38. The van der Waals surface area contributed by atoms with Gasteiger partial charge in [0.2, 0.25) is 5.88 Å². The number of carboxylic acids is 1. The first-order valence-corrected chi connectivity index (χ1v) is 5.72. The molecule has 0 aliphatic heterocycles. The molecule has 0 saturated carbocycles. The Morgan fingerprint density at radius 2 is 2.35 bits per heavy atom. The average Bonchev–Trinajstić information content (AvgIpc) is 2.30. The maximum atomic E-state index is 10.9. The third-order valence-electron chi connectivity index (χ3n) is 2.24. The van der Waals surface area contributed by atoms with Crippen molar-refractivity contribution >= 4 is 33.7 Å². The van der Waals surface area contributed by atoms with Gasteiger partial charge in [0.05, 0.1) is 22.8 Å². The number of pyridine rings is 1. The predicted octanol–water partition coefficient (Wildman–Crippen LogP) is 2.31. The highest BCUT2D eigenvalue weighted by Crippen LogP contribution is 2.31. The molecule has 0 aliphatic carbocycles. The number of nitrogen functional groups attached to an aromatic ring is 1. The van der Waals surface area contributed by atoms with Crippen LogP contribution in [0.5, 0.6) is 5.88 Å². The van der Waals surface area contributed by atoms with Gasteiger partial charge in [-0.1, -0.05) is 6.92 Å². The Kier molecular flexibility index (Phi) is 4.51. The number of nitrogens with two attached hydrogens (primary N) is 1. The molecule has 0 aromatic carbocycles. The molecule has 0 radical (unpaired) electrons. The van der Waals surface area contributed by atoms with Crippen molar-refractivity contribution in [2.45, 2.75) is 13.3 Å². The Morgan fingerprint density at radius 1 is 1.71 bits per heavy atom. The fraction of sp³-hybridized carbons (Fsp3) is 0.273. The molecule has 5 nitrogen and oxygen atoms in total. The van der Waals surface area contributed by atoms with E-state index in [2.05, 4.69) is 20.9 Å². The lowest BCUT2D eigenvalue weighted by molar-refractivity contribution is -0.132. The summed E-state index contributed by atoms with van der Waals surface area (Å²) in [7, 11) is 1.46. The zero-order chi connectivity index (χ0) is 13.0. The summed E-state index contributed by atoms with van der Waals surface area (Å²) in [4.78, 5) is 15.0. The Bertz CT molecular complexity index is 472. The quantitative estimate of drug-likeness (QED) is 0.834. The monoisotopic (exact) mass is 300 g/mol. The molecule has 1 aromatic heterocycles. The van der Waals surface area contributed by atoms with Crippen LogP contribution in [0, 0.1) is 0 Å². The first-order valence-electron chi connectivity index (χ1n) is 4.93. The minimum Gasteiger partial charge on any atom is -0.481 e. The van der Waals surface area contributed by atoms with E-state index in [-0.39, 0.29) is 5.57 Å². The summed E-state index contributed by atoms with van der Waals surface area (Å²) in [6.45, 7) is 1.76. The smallest absolute Gasteiger partial charge is 0.331 e. The highest BCUT2D eigenvalue weighted by Gasteiger charge is 2.13. The highest BCUT2D eigenvalue weighted by molar-refractivity contribution is 9.10. The number of hydrogen-bond acceptors (Lipinski definition) is 4. The first kappa shape index (κ1) is 13.5. The van der Waals surface area contributed by atoms with Crippen LogP contribution in [0.4, 0.5) is 5.69 Å². The van der Waals surface area contributed by atoms with Crippen molar-refractivity contribution in [3.63, 3.8) is 0 Å². The molecule has 0 bridgehead atoms. The van der Waals surface area contributed by atoms with Gasteiger partial charge in [0.15, 0.2) is 0 Å². The maximum absolute atomic E-state index is 10.9. The van der Waals surface area contributed by atoms with E-state index in [4.69, 9.17) is 15.6 Å². The number of halogens is 1. The molecule has 1 heterocycles. The van der Waals surface area contributed by atoms with E-state index >= 15 is 0 Å². The Labute approximate surface area is 107 Å². The molecule has 0 fully saturated rings. The fourth-order valence-corrected chi connectivity index (χ4v) is 1.61. The number of carbonyl (C=O) groups is 1. The normalized spacial score (nSPS) is 11.4. The topological polar surface area (TPSA) is 85.4 Å².